The highest BCUT2D eigenvalue weighted by Crippen LogP contribution is 2.31. The maximum Gasteiger partial charge on any atom is 0.253 e. The third-order valence-electron chi connectivity index (χ3n) is 1.54. The van der Waals surface area contributed by atoms with Crippen molar-refractivity contribution in [3.63, 3.8) is 0 Å². The lowest BCUT2D eigenvalue weighted by molar-refractivity contribution is 0.0954. The fraction of sp³-hybridized carbons (Fsp3) is 0.222. The molecule has 0 aliphatic heterocycles. The van der Waals surface area contributed by atoms with Gasteiger partial charge in [-0.3, -0.25) is 4.79 Å². The molecule has 0 spiro atoms. The lowest BCUT2D eigenvalue weighted by atomic mass is 10.3. The van der Waals surface area contributed by atoms with Crippen molar-refractivity contribution in [1.29, 1.82) is 0 Å². The Hall–Kier alpha value is -0.130. The van der Waals surface area contributed by atoms with Gasteiger partial charge >= 0.3 is 0 Å². The summed E-state index contributed by atoms with van der Waals surface area (Å²) >= 11 is 8.15. The number of hydrogen-bond donors (Lipinski definition) is 1. The zero-order valence-corrected chi connectivity index (χ0v) is 11.3. The number of carbonyl (C=O) groups excluding carboxylic acids is 1. The molecule has 0 aliphatic rings. The maximum absolute atomic E-state index is 11.6. The summed E-state index contributed by atoms with van der Waals surface area (Å²) in [5, 5.41) is 2.80. The molecular formula is C9H9Br2NOS. The van der Waals surface area contributed by atoms with E-state index >= 15 is 0 Å². The van der Waals surface area contributed by atoms with Crippen LogP contribution in [0.1, 0.15) is 16.8 Å². The molecule has 0 atom stereocenters. The minimum atomic E-state index is -0.0549. The van der Waals surface area contributed by atoms with Gasteiger partial charge in [-0.15, -0.1) is 17.9 Å². The molecule has 0 fully saturated rings. The van der Waals surface area contributed by atoms with Crippen LogP contribution in [0.5, 0.6) is 0 Å². The highest BCUT2D eigenvalue weighted by molar-refractivity contribution is 9.12. The number of halogens is 2. The van der Waals surface area contributed by atoms with Crippen LogP contribution in [0.3, 0.4) is 0 Å². The molecule has 2 nitrogen and oxygen atoms in total. The normalized spacial score (nSPS) is 9.86. The highest BCUT2D eigenvalue weighted by atomic mass is 79.9. The van der Waals surface area contributed by atoms with Crippen LogP contribution in [0, 0.1) is 0 Å². The Bertz CT molecular complexity index is 349. The van der Waals surface area contributed by atoms with Gasteiger partial charge < -0.3 is 5.32 Å². The second-order valence-corrected chi connectivity index (χ2v) is 6.32. The van der Waals surface area contributed by atoms with Crippen molar-refractivity contribution in [3.8, 4) is 0 Å². The van der Waals surface area contributed by atoms with Gasteiger partial charge in [0, 0.05) is 6.54 Å². The third kappa shape index (κ3) is 3.22. The molecule has 14 heavy (non-hydrogen) atoms. The molecule has 1 aromatic rings. The summed E-state index contributed by atoms with van der Waals surface area (Å²) < 4.78 is 1.79. The molecule has 0 saturated heterocycles. The standard InChI is InChI=1S/C9H9Br2NOS/c1-2-3-4-12-9(13)6-5-7(10)14-8(6)11/h2,5H,1,3-4H2,(H,12,13). The van der Waals surface area contributed by atoms with Crippen LogP contribution in [0.15, 0.2) is 26.3 Å². The van der Waals surface area contributed by atoms with Gasteiger partial charge in [0.2, 0.25) is 0 Å². The topological polar surface area (TPSA) is 29.1 Å². The molecule has 1 heterocycles. The molecule has 1 rings (SSSR count). The lowest BCUT2D eigenvalue weighted by Crippen LogP contribution is -2.23. The number of carbonyl (C=O) groups is 1. The molecule has 0 aromatic carbocycles. The van der Waals surface area contributed by atoms with Gasteiger partial charge in [-0.05, 0) is 44.3 Å². The van der Waals surface area contributed by atoms with E-state index in [2.05, 4.69) is 43.8 Å². The zero-order chi connectivity index (χ0) is 10.6. The van der Waals surface area contributed by atoms with Crippen molar-refractivity contribution in [1.82, 2.24) is 5.32 Å². The average Bonchev–Trinajstić information content (AvgIpc) is 2.45. The van der Waals surface area contributed by atoms with Crippen molar-refractivity contribution < 1.29 is 4.79 Å². The van der Waals surface area contributed by atoms with Crippen LogP contribution < -0.4 is 5.32 Å². The quantitative estimate of drug-likeness (QED) is 0.659. The van der Waals surface area contributed by atoms with E-state index in [1.54, 1.807) is 12.1 Å². The summed E-state index contributed by atoms with van der Waals surface area (Å²) in [6, 6.07) is 1.80. The Kier molecular flexibility index (Phi) is 4.84. The molecule has 1 aromatic heterocycles. The summed E-state index contributed by atoms with van der Waals surface area (Å²) in [7, 11) is 0. The van der Waals surface area contributed by atoms with Crippen LogP contribution in [-0.4, -0.2) is 12.5 Å². The number of hydrogen-bond acceptors (Lipinski definition) is 2. The van der Waals surface area contributed by atoms with Gasteiger partial charge in [0.25, 0.3) is 5.91 Å². The van der Waals surface area contributed by atoms with Crippen LogP contribution in [-0.2, 0) is 0 Å². The van der Waals surface area contributed by atoms with E-state index in [0.717, 1.165) is 14.0 Å². The third-order valence-corrected chi connectivity index (χ3v) is 3.87. The minimum Gasteiger partial charge on any atom is -0.352 e. The molecule has 0 aliphatic carbocycles. The van der Waals surface area contributed by atoms with E-state index in [1.165, 1.54) is 11.3 Å². The SMILES string of the molecule is C=CCCNC(=O)c1cc(Br)sc1Br. The first-order valence-electron chi connectivity index (χ1n) is 3.99. The summed E-state index contributed by atoms with van der Waals surface area (Å²) in [4.78, 5) is 11.6. The number of rotatable bonds is 4. The first-order chi connectivity index (χ1) is 6.65. The maximum atomic E-state index is 11.6. The minimum absolute atomic E-state index is 0.0549. The monoisotopic (exact) mass is 337 g/mol. The van der Waals surface area contributed by atoms with Gasteiger partial charge in [-0.25, -0.2) is 0 Å². The molecule has 1 N–H and O–H groups in total. The van der Waals surface area contributed by atoms with Crippen LogP contribution >= 0.6 is 43.2 Å². The smallest absolute Gasteiger partial charge is 0.253 e. The summed E-state index contributed by atoms with van der Waals surface area (Å²) in [5.74, 6) is -0.0549. The predicted octanol–water partition coefficient (Wildman–Crippen LogP) is 3.58. The Labute approximate surface area is 104 Å². The Morgan fingerprint density at radius 2 is 2.36 bits per heavy atom. The average molecular weight is 339 g/mol. The highest BCUT2D eigenvalue weighted by Gasteiger charge is 2.12. The molecule has 1 amide bonds. The first kappa shape index (κ1) is 11.9. The molecular weight excluding hydrogens is 330 g/mol. The second kappa shape index (κ2) is 5.68. The van der Waals surface area contributed by atoms with Crippen molar-refractivity contribution in [2.75, 3.05) is 6.54 Å². The van der Waals surface area contributed by atoms with E-state index in [0.29, 0.717) is 12.1 Å². The van der Waals surface area contributed by atoms with E-state index < -0.39 is 0 Å². The number of amides is 1. The van der Waals surface area contributed by atoms with Crippen LogP contribution in [0.25, 0.3) is 0 Å². The molecule has 0 radical (unpaired) electrons. The molecule has 76 valence electrons. The number of nitrogens with one attached hydrogen (secondary N) is 1. The van der Waals surface area contributed by atoms with E-state index in [9.17, 15) is 4.79 Å². The van der Waals surface area contributed by atoms with E-state index in [-0.39, 0.29) is 5.91 Å². The lowest BCUT2D eigenvalue weighted by Gasteiger charge is -2.01. The summed E-state index contributed by atoms with van der Waals surface area (Å²) in [5.41, 5.74) is 0.672. The molecule has 5 heteroatoms. The van der Waals surface area contributed by atoms with Crippen molar-refractivity contribution in [3.05, 3.63) is 31.9 Å². The van der Waals surface area contributed by atoms with Gasteiger partial charge in [-0.1, -0.05) is 6.08 Å². The largest absolute Gasteiger partial charge is 0.352 e. The van der Waals surface area contributed by atoms with Gasteiger partial charge in [0.1, 0.15) is 0 Å². The zero-order valence-electron chi connectivity index (χ0n) is 7.35. The van der Waals surface area contributed by atoms with Crippen molar-refractivity contribution in [2.24, 2.45) is 0 Å². The van der Waals surface area contributed by atoms with Crippen molar-refractivity contribution in [2.45, 2.75) is 6.42 Å². The van der Waals surface area contributed by atoms with Crippen LogP contribution in [0.2, 0.25) is 0 Å². The molecule has 0 bridgehead atoms. The summed E-state index contributed by atoms with van der Waals surface area (Å²) in [6.07, 6.45) is 2.56. The Morgan fingerprint density at radius 1 is 1.64 bits per heavy atom. The first-order valence-corrected chi connectivity index (χ1v) is 6.39. The van der Waals surface area contributed by atoms with Gasteiger partial charge in [-0.2, -0.15) is 0 Å². The van der Waals surface area contributed by atoms with Gasteiger partial charge in [0.15, 0.2) is 0 Å². The molecule has 0 saturated carbocycles. The predicted molar refractivity (Wildman–Crippen MR) is 66.9 cm³/mol. The second-order valence-electron chi connectivity index (χ2n) is 2.57. The number of thiophene rings is 1. The summed E-state index contributed by atoms with van der Waals surface area (Å²) in [6.45, 7) is 4.21. The van der Waals surface area contributed by atoms with Gasteiger partial charge in [0.05, 0.1) is 13.1 Å². The Balaban J connectivity index is 2.60. The van der Waals surface area contributed by atoms with E-state index in [1.807, 2.05) is 0 Å². The fourth-order valence-electron chi connectivity index (χ4n) is 0.878. The van der Waals surface area contributed by atoms with E-state index in [4.69, 9.17) is 0 Å². The van der Waals surface area contributed by atoms with Crippen molar-refractivity contribution >= 4 is 49.1 Å². The molecule has 0 unspecified atom stereocenters. The Morgan fingerprint density at radius 3 is 2.86 bits per heavy atom. The van der Waals surface area contributed by atoms with Crippen LogP contribution in [0.4, 0.5) is 0 Å². The fourth-order valence-corrected chi connectivity index (χ4v) is 3.67.